The van der Waals surface area contributed by atoms with Crippen molar-refractivity contribution in [2.24, 2.45) is 10.8 Å². The number of hydrogen-bond acceptors (Lipinski definition) is 4. The third-order valence-electron chi connectivity index (χ3n) is 4.62. The van der Waals surface area contributed by atoms with Crippen LogP contribution in [0.2, 0.25) is 0 Å². The van der Waals surface area contributed by atoms with Gasteiger partial charge in [0.1, 0.15) is 0 Å². The van der Waals surface area contributed by atoms with Crippen LogP contribution in [0, 0.1) is 10.8 Å². The molecule has 142 valence electrons. The van der Waals surface area contributed by atoms with Crippen LogP contribution < -0.4 is 15.4 Å². The molecule has 1 aromatic rings. The quantitative estimate of drug-likeness (QED) is 0.607. The second-order valence-electron chi connectivity index (χ2n) is 9.81. The second-order valence-corrected chi connectivity index (χ2v) is 15.2. The molecule has 4 nitrogen and oxygen atoms in total. The summed E-state index contributed by atoms with van der Waals surface area (Å²) in [7, 11) is 0. The second kappa shape index (κ2) is 7.15. The minimum absolute atomic E-state index is 0.220. The first kappa shape index (κ1) is 20.2. The Balaban J connectivity index is 2.04. The van der Waals surface area contributed by atoms with Crippen LogP contribution >= 0.6 is 0 Å². The van der Waals surface area contributed by atoms with Crippen LogP contribution in [0.1, 0.15) is 55.4 Å². The van der Waals surface area contributed by atoms with E-state index in [1.807, 2.05) is 0 Å². The predicted octanol–water partition coefficient (Wildman–Crippen LogP) is 4.14. The first-order chi connectivity index (χ1) is 12.0. The third-order valence-corrected chi connectivity index (χ3v) is 10.7. The Labute approximate surface area is 174 Å². The molecule has 0 fully saturated rings. The number of rotatable bonds is 4. The van der Waals surface area contributed by atoms with Crippen LogP contribution in [0.4, 0.5) is 22.7 Å². The molecule has 0 saturated carbocycles. The molecule has 0 aromatic heterocycles. The van der Waals surface area contributed by atoms with Gasteiger partial charge in [-0.25, -0.2) is 0 Å². The molecule has 0 N–H and O–H groups in total. The molecule has 2 heterocycles. The van der Waals surface area contributed by atoms with Gasteiger partial charge in [0.25, 0.3) is 0 Å². The van der Waals surface area contributed by atoms with Crippen molar-refractivity contribution in [2.45, 2.75) is 55.4 Å². The number of benzene rings is 1. The number of fused-ring (bicyclic) bond motifs is 2. The van der Waals surface area contributed by atoms with E-state index in [1.165, 1.54) is 22.7 Å². The molecule has 6 heteroatoms. The standard InChI is InChI=1S/C20H34Ge2N4/c1-9-23-15-11-17-18(12-16(15)24(10-2)21-23)26(14-20(6,7)8)22-25(17)13-19(3,4)5/h11-12H,9-10,13-14H2,1-8H3. The van der Waals surface area contributed by atoms with Gasteiger partial charge in [-0.1, -0.05) is 0 Å². The molecule has 4 radical (unpaired) electrons. The zero-order valence-electron chi connectivity index (χ0n) is 17.8. The Morgan fingerprint density at radius 2 is 0.923 bits per heavy atom. The Bertz CT molecular complexity index is 608. The van der Waals surface area contributed by atoms with E-state index in [-0.39, 0.29) is 31.8 Å². The van der Waals surface area contributed by atoms with Crippen LogP contribution in [-0.4, -0.2) is 57.9 Å². The van der Waals surface area contributed by atoms with Crippen LogP contribution in [0.15, 0.2) is 12.1 Å². The zero-order chi connectivity index (χ0) is 19.3. The average molecular weight is 476 g/mol. The Hall–Kier alpha value is -0.494. The normalized spacial score (nSPS) is 17.2. The molecule has 1 aromatic carbocycles. The summed E-state index contributed by atoms with van der Waals surface area (Å²) in [6.07, 6.45) is 0. The topological polar surface area (TPSA) is 13.0 Å². The minimum atomic E-state index is -0.316. The monoisotopic (exact) mass is 478 g/mol. The molecule has 2 aliphatic rings. The number of hydrogen-bond donors (Lipinski definition) is 0. The Kier molecular flexibility index (Phi) is 5.57. The van der Waals surface area contributed by atoms with Crippen molar-refractivity contribution in [1.29, 1.82) is 0 Å². The van der Waals surface area contributed by atoms with E-state index in [4.69, 9.17) is 0 Å². The fourth-order valence-corrected chi connectivity index (χ4v) is 10.1. The van der Waals surface area contributed by atoms with Crippen molar-refractivity contribution in [3.63, 3.8) is 0 Å². The van der Waals surface area contributed by atoms with Gasteiger partial charge in [-0.15, -0.1) is 0 Å². The molecular weight excluding hydrogens is 441 g/mol. The van der Waals surface area contributed by atoms with Crippen molar-refractivity contribution in [3.8, 4) is 0 Å². The molecule has 0 unspecified atom stereocenters. The van der Waals surface area contributed by atoms with Gasteiger partial charge in [0.2, 0.25) is 0 Å². The van der Waals surface area contributed by atoms with Gasteiger partial charge < -0.3 is 0 Å². The molecular formula is C20H34Ge2N4. The molecule has 0 amide bonds. The van der Waals surface area contributed by atoms with Crippen molar-refractivity contribution in [3.05, 3.63) is 12.1 Å². The molecule has 0 aliphatic carbocycles. The van der Waals surface area contributed by atoms with E-state index in [0.717, 1.165) is 26.2 Å². The van der Waals surface area contributed by atoms with E-state index in [1.54, 1.807) is 0 Å². The molecule has 0 spiro atoms. The Morgan fingerprint density at radius 1 is 0.615 bits per heavy atom. The molecule has 26 heavy (non-hydrogen) atoms. The van der Waals surface area contributed by atoms with E-state index in [9.17, 15) is 0 Å². The summed E-state index contributed by atoms with van der Waals surface area (Å²) in [5, 5.41) is 0. The first-order valence-corrected chi connectivity index (χ1v) is 13.6. The van der Waals surface area contributed by atoms with Crippen LogP contribution in [0.5, 0.6) is 0 Å². The number of nitrogens with zero attached hydrogens (tertiary/aromatic N) is 4. The fourth-order valence-electron chi connectivity index (χ4n) is 3.60. The summed E-state index contributed by atoms with van der Waals surface area (Å²) in [5.74, 6) is 0. The van der Waals surface area contributed by atoms with Crippen molar-refractivity contribution in [1.82, 2.24) is 0 Å². The van der Waals surface area contributed by atoms with Gasteiger partial charge in [0.15, 0.2) is 0 Å². The van der Waals surface area contributed by atoms with Crippen molar-refractivity contribution < 1.29 is 0 Å². The van der Waals surface area contributed by atoms with Gasteiger partial charge in [-0.05, 0) is 0 Å². The summed E-state index contributed by atoms with van der Waals surface area (Å²) >= 11 is -0.536. The van der Waals surface area contributed by atoms with Gasteiger partial charge in [0, 0.05) is 0 Å². The van der Waals surface area contributed by atoms with E-state index in [2.05, 4.69) is 83.0 Å². The molecule has 3 rings (SSSR count). The van der Waals surface area contributed by atoms with Gasteiger partial charge in [-0.3, -0.25) is 0 Å². The summed E-state index contributed by atoms with van der Waals surface area (Å²) in [5.41, 5.74) is 6.60. The maximum absolute atomic E-state index is 2.73. The van der Waals surface area contributed by atoms with E-state index < -0.39 is 0 Å². The molecule has 0 atom stereocenters. The molecule has 0 saturated heterocycles. The van der Waals surface area contributed by atoms with Gasteiger partial charge >= 0.3 is 174 Å². The maximum atomic E-state index is 2.73. The first-order valence-electron chi connectivity index (χ1n) is 9.83. The van der Waals surface area contributed by atoms with Crippen molar-refractivity contribution in [2.75, 3.05) is 41.6 Å². The SMILES string of the molecule is CC[N]1[Ge][N](CC)c2cc3c(cc21)[N](CC(C)(C)C)[Ge][N]3CC(C)(C)C. The summed E-state index contributed by atoms with van der Waals surface area (Å²) in [6, 6.07) is 5.04. The third kappa shape index (κ3) is 4.16. The Morgan fingerprint density at radius 3 is 1.23 bits per heavy atom. The summed E-state index contributed by atoms with van der Waals surface area (Å²) < 4.78 is 10.7. The molecule has 0 bridgehead atoms. The number of anilines is 4. The van der Waals surface area contributed by atoms with Gasteiger partial charge in [0.05, 0.1) is 0 Å². The zero-order valence-corrected chi connectivity index (χ0v) is 22.0. The van der Waals surface area contributed by atoms with Crippen LogP contribution in [0.3, 0.4) is 0 Å². The van der Waals surface area contributed by atoms with Crippen LogP contribution in [0.25, 0.3) is 0 Å². The van der Waals surface area contributed by atoms with Crippen LogP contribution in [-0.2, 0) is 0 Å². The summed E-state index contributed by atoms with van der Waals surface area (Å²) in [6.45, 7) is 23.3. The predicted molar refractivity (Wildman–Crippen MR) is 118 cm³/mol. The molecule has 2 aliphatic heterocycles. The average Bonchev–Trinajstić information content (AvgIpc) is 3.01. The summed E-state index contributed by atoms with van der Waals surface area (Å²) in [4.78, 5) is 0. The van der Waals surface area contributed by atoms with E-state index >= 15 is 0 Å². The van der Waals surface area contributed by atoms with Gasteiger partial charge in [-0.2, -0.15) is 0 Å². The fraction of sp³-hybridized carbons (Fsp3) is 0.700. The van der Waals surface area contributed by atoms with E-state index in [0.29, 0.717) is 10.8 Å². The van der Waals surface area contributed by atoms with Crippen molar-refractivity contribution >= 4 is 54.5 Å².